The Morgan fingerprint density at radius 3 is 2.33 bits per heavy atom. The Morgan fingerprint density at radius 2 is 1.89 bits per heavy atom. The number of carboxylic acid groups (broad SMARTS) is 1. The minimum absolute atomic E-state index is 0.0293. The van der Waals surface area contributed by atoms with Crippen molar-refractivity contribution in [3.8, 4) is 0 Å². The summed E-state index contributed by atoms with van der Waals surface area (Å²) >= 11 is 11.2. The molecule has 0 aliphatic heterocycles. The number of pyridine rings is 1. The van der Waals surface area contributed by atoms with E-state index in [4.69, 9.17) is 33.4 Å². The number of rotatable bonds is 5. The summed E-state index contributed by atoms with van der Waals surface area (Å²) in [5.41, 5.74) is 0.101. The average Bonchev–Trinajstić information content (AvgIpc) is 2.26. The Kier molecular flexibility index (Phi) is 5.33. The maximum Gasteiger partial charge on any atom is 0.326 e. The average molecular weight is 293 g/mol. The van der Waals surface area contributed by atoms with Crippen LogP contribution in [0.3, 0.4) is 0 Å². The number of nitrogens with zero attached hydrogens (tertiary/aromatic N) is 1. The number of carbonyl (C=O) groups excluding carboxylic acids is 1. The maximum atomic E-state index is 11.7. The molecule has 0 spiro atoms. The highest BCUT2D eigenvalue weighted by atomic mass is 35.5. The molecule has 0 fully saturated rings. The molecule has 0 saturated carbocycles. The van der Waals surface area contributed by atoms with Gasteiger partial charge in [0, 0.05) is 18.6 Å². The second-order valence-electron chi connectivity index (χ2n) is 3.38. The van der Waals surface area contributed by atoms with Crippen molar-refractivity contribution in [1.82, 2.24) is 10.3 Å². The minimum atomic E-state index is -1.23. The van der Waals surface area contributed by atoms with Gasteiger partial charge < -0.3 is 15.5 Å². The minimum Gasteiger partial charge on any atom is -0.480 e. The van der Waals surface area contributed by atoms with Gasteiger partial charge in [-0.2, -0.15) is 0 Å². The fourth-order valence-corrected chi connectivity index (χ4v) is 1.68. The first-order chi connectivity index (χ1) is 8.43. The Hall–Kier alpha value is -1.37. The van der Waals surface area contributed by atoms with E-state index in [1.165, 1.54) is 12.1 Å². The first-order valence-corrected chi connectivity index (χ1v) is 5.67. The van der Waals surface area contributed by atoms with Gasteiger partial charge in [-0.3, -0.25) is 4.79 Å². The monoisotopic (exact) mass is 292 g/mol. The number of carbonyl (C=O) groups is 2. The molecule has 1 rings (SSSR count). The van der Waals surface area contributed by atoms with Gasteiger partial charge in [-0.25, -0.2) is 9.78 Å². The van der Waals surface area contributed by atoms with Crippen LogP contribution in [0.4, 0.5) is 0 Å². The third kappa shape index (κ3) is 4.14. The van der Waals surface area contributed by atoms with Gasteiger partial charge in [0.05, 0.1) is 0 Å². The van der Waals surface area contributed by atoms with Gasteiger partial charge in [-0.05, 0) is 12.1 Å². The summed E-state index contributed by atoms with van der Waals surface area (Å²) in [7, 11) is 0. The van der Waals surface area contributed by atoms with Crippen molar-refractivity contribution in [1.29, 1.82) is 0 Å². The molecular weight excluding hydrogens is 283 g/mol. The molecule has 0 unspecified atom stereocenters. The lowest BCUT2D eigenvalue weighted by Crippen LogP contribution is -2.41. The molecule has 0 aliphatic rings. The van der Waals surface area contributed by atoms with E-state index in [0.717, 1.165) is 0 Å². The summed E-state index contributed by atoms with van der Waals surface area (Å²) in [5.74, 6) is -1.88. The lowest BCUT2D eigenvalue weighted by Gasteiger charge is -2.13. The molecule has 98 valence electrons. The van der Waals surface area contributed by atoms with Gasteiger partial charge in [0.25, 0.3) is 5.91 Å². The van der Waals surface area contributed by atoms with Gasteiger partial charge in [-0.1, -0.05) is 23.2 Å². The highest BCUT2D eigenvalue weighted by Gasteiger charge is 2.20. The van der Waals surface area contributed by atoms with E-state index >= 15 is 0 Å². The van der Waals surface area contributed by atoms with E-state index in [0.29, 0.717) is 0 Å². The second kappa shape index (κ2) is 6.53. The van der Waals surface area contributed by atoms with E-state index in [1.807, 2.05) is 0 Å². The number of aromatic nitrogens is 1. The molecule has 1 aromatic heterocycles. The van der Waals surface area contributed by atoms with Gasteiger partial charge in [0.1, 0.15) is 16.3 Å². The molecule has 0 saturated heterocycles. The molecule has 1 atom stereocenters. The van der Waals surface area contributed by atoms with Crippen molar-refractivity contribution in [3.05, 3.63) is 28.0 Å². The second-order valence-corrected chi connectivity index (χ2v) is 4.15. The fourth-order valence-electron chi connectivity index (χ4n) is 1.22. The molecule has 3 N–H and O–H groups in total. The predicted molar refractivity (Wildman–Crippen MR) is 64.8 cm³/mol. The van der Waals surface area contributed by atoms with Gasteiger partial charge in [0.2, 0.25) is 0 Å². The fraction of sp³-hybridized carbons (Fsp3) is 0.300. The summed E-state index contributed by atoms with van der Waals surface area (Å²) < 4.78 is 0. The van der Waals surface area contributed by atoms with E-state index < -0.39 is 17.9 Å². The summed E-state index contributed by atoms with van der Waals surface area (Å²) in [6.45, 7) is -0.352. The normalized spacial score (nSPS) is 11.9. The van der Waals surface area contributed by atoms with E-state index in [-0.39, 0.29) is 28.9 Å². The van der Waals surface area contributed by atoms with Crippen molar-refractivity contribution in [2.24, 2.45) is 0 Å². The standard InChI is InChI=1S/C10H10Cl2N2O4/c11-7-3-5(4-8(12)14-7)9(16)13-6(1-2-15)10(17)18/h3-4,6,15H,1-2H2,(H,13,16)(H,17,18)/t6-/m1/s1. The van der Waals surface area contributed by atoms with E-state index in [9.17, 15) is 9.59 Å². The van der Waals surface area contributed by atoms with Crippen LogP contribution in [0.15, 0.2) is 12.1 Å². The van der Waals surface area contributed by atoms with Crippen LogP contribution in [-0.4, -0.2) is 39.7 Å². The lowest BCUT2D eigenvalue weighted by atomic mass is 10.2. The van der Waals surface area contributed by atoms with Gasteiger partial charge >= 0.3 is 5.97 Å². The summed E-state index contributed by atoms with van der Waals surface area (Å²) in [6.07, 6.45) is -0.0897. The van der Waals surface area contributed by atoms with E-state index in [1.54, 1.807) is 0 Å². The summed E-state index contributed by atoms with van der Waals surface area (Å²) in [4.78, 5) is 26.2. The third-order valence-corrected chi connectivity index (χ3v) is 2.43. The topological polar surface area (TPSA) is 99.5 Å². The smallest absolute Gasteiger partial charge is 0.326 e. The van der Waals surface area contributed by atoms with Gasteiger partial charge in [0.15, 0.2) is 0 Å². The predicted octanol–water partition coefficient (Wildman–Crippen LogP) is 0.954. The Labute approximate surface area is 113 Å². The number of amides is 1. The molecule has 0 aromatic carbocycles. The molecule has 6 nitrogen and oxygen atoms in total. The number of aliphatic carboxylic acids is 1. The van der Waals surface area contributed by atoms with Crippen molar-refractivity contribution in [2.75, 3.05) is 6.61 Å². The molecule has 18 heavy (non-hydrogen) atoms. The highest BCUT2D eigenvalue weighted by Crippen LogP contribution is 2.14. The van der Waals surface area contributed by atoms with Gasteiger partial charge in [-0.15, -0.1) is 0 Å². The van der Waals surface area contributed by atoms with Crippen LogP contribution in [0.2, 0.25) is 10.3 Å². The Balaban J connectivity index is 2.83. The number of halogens is 2. The molecule has 0 aliphatic carbocycles. The Bertz CT molecular complexity index is 447. The number of carboxylic acids is 1. The quantitative estimate of drug-likeness (QED) is 0.702. The zero-order valence-electron chi connectivity index (χ0n) is 9.06. The Morgan fingerprint density at radius 1 is 1.33 bits per heavy atom. The summed E-state index contributed by atoms with van der Waals surface area (Å²) in [6, 6.07) is 1.36. The molecule has 1 heterocycles. The molecule has 1 aromatic rings. The largest absolute Gasteiger partial charge is 0.480 e. The third-order valence-electron chi connectivity index (χ3n) is 2.05. The number of aliphatic hydroxyl groups excluding tert-OH is 1. The molecule has 0 radical (unpaired) electrons. The van der Waals surface area contributed by atoms with Crippen LogP contribution in [0, 0.1) is 0 Å². The molecule has 0 bridgehead atoms. The zero-order valence-corrected chi connectivity index (χ0v) is 10.6. The molecule has 8 heteroatoms. The first-order valence-electron chi connectivity index (χ1n) is 4.91. The van der Waals surface area contributed by atoms with Crippen molar-refractivity contribution in [2.45, 2.75) is 12.5 Å². The highest BCUT2D eigenvalue weighted by molar-refractivity contribution is 6.33. The van der Waals surface area contributed by atoms with Crippen molar-refractivity contribution >= 4 is 35.1 Å². The lowest BCUT2D eigenvalue weighted by molar-refractivity contribution is -0.139. The first kappa shape index (κ1) is 14.7. The molecular formula is C10H10Cl2N2O4. The van der Waals surface area contributed by atoms with Crippen LogP contribution in [0.1, 0.15) is 16.8 Å². The van der Waals surface area contributed by atoms with E-state index in [2.05, 4.69) is 10.3 Å². The number of hydrogen-bond donors (Lipinski definition) is 3. The van der Waals surface area contributed by atoms with Crippen molar-refractivity contribution < 1.29 is 19.8 Å². The molecule has 1 amide bonds. The zero-order chi connectivity index (χ0) is 13.7. The van der Waals surface area contributed by atoms with Crippen LogP contribution in [0.5, 0.6) is 0 Å². The number of hydrogen-bond acceptors (Lipinski definition) is 4. The summed E-state index contributed by atoms with van der Waals surface area (Å²) in [5, 5.41) is 19.8. The van der Waals surface area contributed by atoms with Crippen LogP contribution < -0.4 is 5.32 Å². The van der Waals surface area contributed by atoms with Crippen LogP contribution in [-0.2, 0) is 4.79 Å². The maximum absolute atomic E-state index is 11.7. The number of nitrogens with one attached hydrogen (secondary N) is 1. The number of aliphatic hydroxyl groups is 1. The van der Waals surface area contributed by atoms with Crippen molar-refractivity contribution in [3.63, 3.8) is 0 Å². The SMILES string of the molecule is O=C(N[C@H](CCO)C(=O)O)c1cc(Cl)nc(Cl)c1. The van der Waals surface area contributed by atoms with Crippen LogP contribution >= 0.6 is 23.2 Å². The van der Waals surface area contributed by atoms with Crippen LogP contribution in [0.25, 0.3) is 0 Å².